The lowest BCUT2D eigenvalue weighted by atomic mass is 9.81. The number of hydrogen-bond donors (Lipinski definition) is 2. The Hall–Kier alpha value is -0.770. The van der Waals surface area contributed by atoms with Crippen LogP contribution in [0.3, 0.4) is 0 Å². The van der Waals surface area contributed by atoms with Gasteiger partial charge in [0.15, 0.2) is 0 Å². The molecule has 0 heterocycles. The van der Waals surface area contributed by atoms with Crippen molar-refractivity contribution >= 4 is 12.4 Å². The van der Waals surface area contributed by atoms with Crippen LogP contribution in [0.2, 0.25) is 0 Å². The van der Waals surface area contributed by atoms with Gasteiger partial charge >= 0.3 is 0 Å². The first-order valence-corrected chi connectivity index (χ1v) is 6.80. The fourth-order valence-electron chi connectivity index (χ4n) is 2.89. The van der Waals surface area contributed by atoms with Crippen molar-refractivity contribution in [1.29, 1.82) is 0 Å². The van der Waals surface area contributed by atoms with E-state index in [-0.39, 0.29) is 18.4 Å². The SMILES string of the molecule is COc1ccccc1[C@@H](N)[C@@H](O)C1CCCCC1.Cl. The Morgan fingerprint density at radius 1 is 1.21 bits per heavy atom. The minimum Gasteiger partial charge on any atom is -0.496 e. The van der Waals surface area contributed by atoms with Gasteiger partial charge in [0, 0.05) is 5.56 Å². The van der Waals surface area contributed by atoms with E-state index in [4.69, 9.17) is 10.5 Å². The highest BCUT2D eigenvalue weighted by Gasteiger charge is 2.28. The molecule has 108 valence electrons. The molecule has 19 heavy (non-hydrogen) atoms. The molecule has 1 aromatic carbocycles. The van der Waals surface area contributed by atoms with Crippen LogP contribution in [0.1, 0.15) is 43.7 Å². The standard InChI is InChI=1S/C15H23NO2.ClH/c1-18-13-10-6-5-9-12(13)14(16)15(17)11-7-3-2-4-8-11;/h5-6,9-11,14-15,17H,2-4,7-8,16H2,1H3;1H/t14-,15+;/m1./s1. The minimum absolute atomic E-state index is 0. The molecule has 1 aliphatic carbocycles. The van der Waals surface area contributed by atoms with Crippen LogP contribution in [0.15, 0.2) is 24.3 Å². The van der Waals surface area contributed by atoms with E-state index in [9.17, 15) is 5.11 Å². The third-order valence-corrected chi connectivity index (χ3v) is 4.00. The molecule has 0 unspecified atom stereocenters. The van der Waals surface area contributed by atoms with Crippen molar-refractivity contribution in [3.05, 3.63) is 29.8 Å². The van der Waals surface area contributed by atoms with E-state index in [1.807, 2.05) is 24.3 Å². The largest absolute Gasteiger partial charge is 0.496 e. The van der Waals surface area contributed by atoms with Gasteiger partial charge in [-0.15, -0.1) is 12.4 Å². The van der Waals surface area contributed by atoms with E-state index in [2.05, 4.69) is 0 Å². The van der Waals surface area contributed by atoms with E-state index >= 15 is 0 Å². The van der Waals surface area contributed by atoms with Crippen molar-refractivity contribution in [2.45, 2.75) is 44.2 Å². The molecular formula is C15H24ClNO2. The molecule has 4 heteroatoms. The number of methoxy groups -OCH3 is 1. The van der Waals surface area contributed by atoms with Crippen molar-refractivity contribution in [2.75, 3.05) is 7.11 Å². The van der Waals surface area contributed by atoms with Crippen LogP contribution in [0, 0.1) is 5.92 Å². The Morgan fingerprint density at radius 2 is 1.84 bits per heavy atom. The van der Waals surface area contributed by atoms with E-state index in [0.29, 0.717) is 5.92 Å². The van der Waals surface area contributed by atoms with Gasteiger partial charge in [0.25, 0.3) is 0 Å². The average Bonchev–Trinajstić information content (AvgIpc) is 2.46. The molecule has 1 fully saturated rings. The van der Waals surface area contributed by atoms with Gasteiger partial charge in [-0.05, 0) is 24.8 Å². The zero-order valence-electron chi connectivity index (χ0n) is 11.4. The second-order valence-corrected chi connectivity index (χ2v) is 5.16. The molecule has 0 bridgehead atoms. The van der Waals surface area contributed by atoms with E-state index in [0.717, 1.165) is 24.2 Å². The molecule has 0 radical (unpaired) electrons. The van der Waals surface area contributed by atoms with E-state index in [1.54, 1.807) is 7.11 Å². The van der Waals surface area contributed by atoms with Gasteiger partial charge < -0.3 is 15.6 Å². The first-order chi connectivity index (χ1) is 8.74. The summed E-state index contributed by atoms with van der Waals surface area (Å²) in [4.78, 5) is 0. The van der Waals surface area contributed by atoms with Crippen molar-refractivity contribution in [1.82, 2.24) is 0 Å². The normalized spacial score (nSPS) is 19.3. The third kappa shape index (κ3) is 3.85. The third-order valence-electron chi connectivity index (χ3n) is 4.00. The number of hydrogen-bond acceptors (Lipinski definition) is 3. The molecule has 3 N–H and O–H groups in total. The molecule has 2 rings (SSSR count). The molecular weight excluding hydrogens is 262 g/mol. The Bertz CT molecular complexity index is 380. The molecule has 0 amide bonds. The first kappa shape index (κ1) is 16.3. The van der Waals surface area contributed by atoms with Crippen LogP contribution >= 0.6 is 12.4 Å². The van der Waals surface area contributed by atoms with Crippen LogP contribution < -0.4 is 10.5 Å². The fraction of sp³-hybridized carbons (Fsp3) is 0.600. The summed E-state index contributed by atoms with van der Waals surface area (Å²) < 4.78 is 5.31. The van der Waals surface area contributed by atoms with Crippen molar-refractivity contribution in [3.63, 3.8) is 0 Å². The topological polar surface area (TPSA) is 55.5 Å². The summed E-state index contributed by atoms with van der Waals surface area (Å²) in [7, 11) is 1.64. The van der Waals surface area contributed by atoms with Gasteiger partial charge in [-0.25, -0.2) is 0 Å². The predicted molar refractivity (Wildman–Crippen MR) is 79.8 cm³/mol. The Morgan fingerprint density at radius 3 is 2.47 bits per heavy atom. The zero-order chi connectivity index (χ0) is 13.0. The molecule has 3 nitrogen and oxygen atoms in total. The summed E-state index contributed by atoms with van der Waals surface area (Å²) in [5.74, 6) is 1.10. The van der Waals surface area contributed by atoms with Gasteiger partial charge in [0.2, 0.25) is 0 Å². The van der Waals surface area contributed by atoms with Crippen molar-refractivity contribution < 1.29 is 9.84 Å². The van der Waals surface area contributed by atoms with Crippen LogP contribution in [-0.4, -0.2) is 18.3 Å². The maximum Gasteiger partial charge on any atom is 0.123 e. The smallest absolute Gasteiger partial charge is 0.123 e. The van der Waals surface area contributed by atoms with Gasteiger partial charge in [-0.2, -0.15) is 0 Å². The second-order valence-electron chi connectivity index (χ2n) is 5.16. The average molecular weight is 286 g/mol. The lowest BCUT2D eigenvalue weighted by Crippen LogP contribution is -2.34. The van der Waals surface area contributed by atoms with Gasteiger partial charge in [-0.3, -0.25) is 0 Å². The Labute approximate surface area is 121 Å². The number of nitrogens with two attached hydrogens (primary N) is 1. The van der Waals surface area contributed by atoms with Crippen molar-refractivity contribution in [3.8, 4) is 5.75 Å². The van der Waals surface area contributed by atoms with Crippen LogP contribution in [0.25, 0.3) is 0 Å². The number of rotatable bonds is 4. The van der Waals surface area contributed by atoms with E-state index < -0.39 is 6.10 Å². The summed E-state index contributed by atoms with van der Waals surface area (Å²) in [5.41, 5.74) is 7.12. The zero-order valence-corrected chi connectivity index (χ0v) is 12.2. The summed E-state index contributed by atoms with van der Waals surface area (Å²) in [6.45, 7) is 0. The Balaban J connectivity index is 0.00000180. The molecule has 2 atom stereocenters. The minimum atomic E-state index is -0.471. The van der Waals surface area contributed by atoms with Crippen LogP contribution in [0.4, 0.5) is 0 Å². The number of halogens is 1. The summed E-state index contributed by atoms with van der Waals surface area (Å²) in [6.07, 6.45) is 5.41. The number of ether oxygens (including phenoxy) is 1. The Kier molecular flexibility index (Phi) is 6.63. The quantitative estimate of drug-likeness (QED) is 0.894. The van der Waals surface area contributed by atoms with Gasteiger partial charge in [-0.1, -0.05) is 37.5 Å². The summed E-state index contributed by atoms with van der Waals surface area (Å²) in [5, 5.41) is 10.4. The number of aliphatic hydroxyl groups excluding tert-OH is 1. The molecule has 1 aromatic rings. The fourth-order valence-corrected chi connectivity index (χ4v) is 2.89. The molecule has 0 saturated heterocycles. The maximum atomic E-state index is 10.4. The monoisotopic (exact) mass is 285 g/mol. The molecule has 0 spiro atoms. The molecule has 1 saturated carbocycles. The highest BCUT2D eigenvalue weighted by molar-refractivity contribution is 5.85. The first-order valence-electron chi connectivity index (χ1n) is 6.80. The number of benzene rings is 1. The number of aliphatic hydroxyl groups is 1. The lowest BCUT2D eigenvalue weighted by Gasteiger charge is -2.31. The predicted octanol–water partition coefficient (Wildman–Crippen LogP) is 3.06. The van der Waals surface area contributed by atoms with Crippen LogP contribution in [-0.2, 0) is 0 Å². The molecule has 1 aliphatic rings. The molecule has 0 aliphatic heterocycles. The summed E-state index contributed by atoms with van der Waals surface area (Å²) in [6, 6.07) is 7.33. The second kappa shape index (κ2) is 7.73. The van der Waals surface area contributed by atoms with Gasteiger partial charge in [0.1, 0.15) is 5.75 Å². The highest BCUT2D eigenvalue weighted by atomic mass is 35.5. The van der Waals surface area contributed by atoms with Gasteiger partial charge in [0.05, 0.1) is 19.3 Å². The molecule has 0 aromatic heterocycles. The maximum absolute atomic E-state index is 10.4. The lowest BCUT2D eigenvalue weighted by molar-refractivity contribution is 0.0611. The van der Waals surface area contributed by atoms with Crippen molar-refractivity contribution in [2.24, 2.45) is 11.7 Å². The highest BCUT2D eigenvalue weighted by Crippen LogP contribution is 2.33. The summed E-state index contributed by atoms with van der Waals surface area (Å²) >= 11 is 0. The number of para-hydroxylation sites is 1. The van der Waals surface area contributed by atoms with E-state index in [1.165, 1.54) is 19.3 Å². The van der Waals surface area contributed by atoms with Crippen LogP contribution in [0.5, 0.6) is 5.75 Å².